The molecule has 0 spiro atoms. The van der Waals surface area contributed by atoms with Gasteiger partial charge < -0.3 is 10.1 Å². The first kappa shape index (κ1) is 14.5. The molecule has 114 valence electrons. The molecular weight excluding hydrogens is 278 g/mol. The van der Waals surface area contributed by atoms with E-state index in [-0.39, 0.29) is 6.04 Å². The van der Waals surface area contributed by atoms with E-state index in [4.69, 9.17) is 4.74 Å². The number of tetrazole rings is 1. The summed E-state index contributed by atoms with van der Waals surface area (Å²) in [6.45, 7) is 0.882. The van der Waals surface area contributed by atoms with Crippen molar-refractivity contribution in [3.63, 3.8) is 0 Å². The van der Waals surface area contributed by atoms with E-state index < -0.39 is 0 Å². The first-order valence-electron chi connectivity index (χ1n) is 7.26. The Hall–Kier alpha value is -2.47. The van der Waals surface area contributed by atoms with Crippen LogP contribution in [-0.4, -0.2) is 40.9 Å². The molecule has 1 unspecified atom stereocenters. The summed E-state index contributed by atoms with van der Waals surface area (Å²) in [5.41, 5.74) is 1.17. The Morgan fingerprint density at radius 1 is 1.18 bits per heavy atom. The topological polar surface area (TPSA) is 64.9 Å². The number of nitrogens with one attached hydrogen (secondary N) is 1. The van der Waals surface area contributed by atoms with Crippen LogP contribution < -0.4 is 10.1 Å². The second kappa shape index (κ2) is 6.53. The maximum Gasteiger partial charge on any atom is 0.162 e. The lowest BCUT2D eigenvalue weighted by atomic mass is 10.00. The number of ether oxygens (including phenoxy) is 1. The predicted molar refractivity (Wildman–Crippen MR) is 85.0 cm³/mol. The second-order valence-electron chi connectivity index (χ2n) is 5.14. The first-order valence-corrected chi connectivity index (χ1v) is 7.26. The van der Waals surface area contributed by atoms with Gasteiger partial charge in [0.05, 0.1) is 13.2 Å². The summed E-state index contributed by atoms with van der Waals surface area (Å²) in [5.74, 6) is 0.866. The van der Waals surface area contributed by atoms with Crippen LogP contribution in [0.5, 0.6) is 5.75 Å². The number of benzene rings is 2. The molecule has 6 heteroatoms. The van der Waals surface area contributed by atoms with E-state index in [9.17, 15) is 0 Å². The van der Waals surface area contributed by atoms with E-state index in [1.165, 1.54) is 17.3 Å². The fraction of sp³-hybridized carbons (Fsp3) is 0.312. The Labute approximate surface area is 129 Å². The molecule has 0 amide bonds. The molecule has 0 fully saturated rings. The molecular formula is C16H19N5O. The highest BCUT2D eigenvalue weighted by Crippen LogP contribution is 2.26. The lowest BCUT2D eigenvalue weighted by Crippen LogP contribution is -2.19. The summed E-state index contributed by atoms with van der Waals surface area (Å²) >= 11 is 0. The van der Waals surface area contributed by atoms with Crippen LogP contribution in [0.2, 0.25) is 0 Å². The van der Waals surface area contributed by atoms with Gasteiger partial charge in [-0.25, -0.2) is 0 Å². The van der Waals surface area contributed by atoms with E-state index in [1.807, 2.05) is 19.2 Å². The molecule has 1 N–H and O–H groups in total. The molecule has 6 nitrogen and oxygen atoms in total. The minimum absolute atomic E-state index is 0.0708. The van der Waals surface area contributed by atoms with Crippen LogP contribution in [0.1, 0.15) is 18.0 Å². The van der Waals surface area contributed by atoms with Crippen molar-refractivity contribution in [2.75, 3.05) is 20.7 Å². The fourth-order valence-corrected chi connectivity index (χ4v) is 2.59. The number of methoxy groups -OCH3 is 1. The molecule has 0 aliphatic carbocycles. The molecule has 2 aromatic carbocycles. The van der Waals surface area contributed by atoms with Gasteiger partial charge in [0.2, 0.25) is 0 Å². The van der Waals surface area contributed by atoms with Crippen molar-refractivity contribution in [1.82, 2.24) is 25.5 Å². The lowest BCUT2D eigenvalue weighted by Gasteiger charge is -2.16. The summed E-state index contributed by atoms with van der Waals surface area (Å²) in [6.07, 6.45) is 2.37. The van der Waals surface area contributed by atoms with Gasteiger partial charge in [-0.2, -0.15) is 4.80 Å². The maximum absolute atomic E-state index is 5.27. The molecule has 3 aromatic rings. The average molecular weight is 297 g/mol. The molecule has 1 heterocycles. The highest BCUT2D eigenvalue weighted by Gasteiger charge is 2.16. The third kappa shape index (κ3) is 2.92. The largest absolute Gasteiger partial charge is 0.497 e. The number of rotatable bonds is 6. The van der Waals surface area contributed by atoms with Crippen molar-refractivity contribution in [2.24, 2.45) is 0 Å². The number of hydrogen-bond acceptors (Lipinski definition) is 5. The molecule has 0 saturated heterocycles. The Morgan fingerprint density at radius 3 is 2.73 bits per heavy atom. The predicted octanol–water partition coefficient (Wildman–Crippen LogP) is 2.03. The number of fused-ring (bicyclic) bond motifs is 1. The number of aromatic nitrogens is 4. The van der Waals surface area contributed by atoms with E-state index in [2.05, 4.69) is 45.0 Å². The summed E-state index contributed by atoms with van der Waals surface area (Å²) in [5, 5.41) is 17.6. The molecule has 0 aliphatic heterocycles. The van der Waals surface area contributed by atoms with Crippen molar-refractivity contribution in [3.05, 3.63) is 48.3 Å². The molecule has 0 bridgehead atoms. The van der Waals surface area contributed by atoms with Crippen molar-refractivity contribution < 1.29 is 4.74 Å². The van der Waals surface area contributed by atoms with E-state index in [0.29, 0.717) is 0 Å². The molecule has 0 aliphatic rings. The quantitative estimate of drug-likeness (QED) is 0.754. The van der Waals surface area contributed by atoms with Gasteiger partial charge in [-0.1, -0.05) is 18.2 Å². The lowest BCUT2D eigenvalue weighted by molar-refractivity contribution is 0.415. The molecule has 0 saturated carbocycles. The summed E-state index contributed by atoms with van der Waals surface area (Å²) in [7, 11) is 3.62. The molecule has 1 atom stereocenters. The van der Waals surface area contributed by atoms with Gasteiger partial charge in [0.1, 0.15) is 5.75 Å². The van der Waals surface area contributed by atoms with Gasteiger partial charge in [0.15, 0.2) is 6.33 Å². The SMILES string of the molecule is CNCCC(c1ccc2cc(OC)ccc2c1)n1ncnn1. The zero-order valence-electron chi connectivity index (χ0n) is 12.7. The van der Waals surface area contributed by atoms with Crippen molar-refractivity contribution in [2.45, 2.75) is 12.5 Å². The number of nitrogens with zero attached hydrogens (tertiary/aromatic N) is 4. The van der Waals surface area contributed by atoms with Gasteiger partial charge in [-0.05, 0) is 59.8 Å². The van der Waals surface area contributed by atoms with Crippen LogP contribution >= 0.6 is 0 Å². The molecule has 3 rings (SSSR count). The molecule has 22 heavy (non-hydrogen) atoms. The normalized spacial score (nSPS) is 12.5. The van der Waals surface area contributed by atoms with Crippen LogP contribution in [0.15, 0.2) is 42.7 Å². The van der Waals surface area contributed by atoms with Gasteiger partial charge in [-0.15, -0.1) is 10.2 Å². The van der Waals surface area contributed by atoms with E-state index >= 15 is 0 Å². The highest BCUT2D eigenvalue weighted by atomic mass is 16.5. The Morgan fingerprint density at radius 2 is 2.00 bits per heavy atom. The van der Waals surface area contributed by atoms with Crippen molar-refractivity contribution in [3.8, 4) is 5.75 Å². The van der Waals surface area contributed by atoms with Crippen molar-refractivity contribution >= 4 is 10.8 Å². The van der Waals surface area contributed by atoms with Crippen molar-refractivity contribution in [1.29, 1.82) is 0 Å². The smallest absolute Gasteiger partial charge is 0.162 e. The highest BCUT2D eigenvalue weighted by molar-refractivity contribution is 5.84. The summed E-state index contributed by atoms with van der Waals surface area (Å²) in [4.78, 5) is 1.67. The first-order chi connectivity index (χ1) is 10.8. The minimum atomic E-state index is 0.0708. The Balaban J connectivity index is 1.98. The third-order valence-electron chi connectivity index (χ3n) is 3.77. The maximum atomic E-state index is 5.27. The van der Waals surface area contributed by atoms with Crippen LogP contribution in [0.25, 0.3) is 10.8 Å². The summed E-state index contributed by atoms with van der Waals surface area (Å²) < 4.78 is 5.27. The van der Waals surface area contributed by atoms with Crippen LogP contribution in [0.3, 0.4) is 0 Å². The van der Waals surface area contributed by atoms with Gasteiger partial charge >= 0.3 is 0 Å². The zero-order valence-corrected chi connectivity index (χ0v) is 12.7. The fourth-order valence-electron chi connectivity index (χ4n) is 2.59. The minimum Gasteiger partial charge on any atom is -0.497 e. The Bertz CT molecular complexity index is 741. The second-order valence-corrected chi connectivity index (χ2v) is 5.14. The number of hydrogen-bond donors (Lipinski definition) is 1. The average Bonchev–Trinajstić information content (AvgIpc) is 3.09. The van der Waals surface area contributed by atoms with Gasteiger partial charge in [0.25, 0.3) is 0 Å². The Kier molecular flexibility index (Phi) is 4.29. The summed E-state index contributed by atoms with van der Waals surface area (Å²) in [6, 6.07) is 12.6. The standard InChI is InChI=1S/C16H19N5O/c1-17-8-7-16(21-19-11-18-20-21)14-4-3-13-10-15(22-2)6-5-12(13)9-14/h3-6,9-11,16-17H,7-8H2,1-2H3. The van der Waals surface area contributed by atoms with Crippen LogP contribution in [0.4, 0.5) is 0 Å². The monoisotopic (exact) mass is 297 g/mol. The van der Waals surface area contributed by atoms with E-state index in [1.54, 1.807) is 11.9 Å². The van der Waals surface area contributed by atoms with Gasteiger partial charge in [0, 0.05) is 0 Å². The molecule has 0 radical (unpaired) electrons. The van der Waals surface area contributed by atoms with Gasteiger partial charge in [-0.3, -0.25) is 0 Å². The molecule has 1 aromatic heterocycles. The zero-order chi connectivity index (χ0) is 15.4. The van der Waals surface area contributed by atoms with Crippen LogP contribution in [-0.2, 0) is 0 Å². The third-order valence-corrected chi connectivity index (χ3v) is 3.77. The van der Waals surface area contributed by atoms with Crippen LogP contribution in [0, 0.1) is 0 Å². The van der Waals surface area contributed by atoms with E-state index in [0.717, 1.165) is 24.1 Å².